The fourth-order valence-corrected chi connectivity index (χ4v) is 6.83. The quantitative estimate of drug-likeness (QED) is 0.143. The lowest BCUT2D eigenvalue weighted by atomic mass is 10.2. The number of rotatable bonds is 9. The standard InChI is InChI=1S/C31H29F3N8O2S.C6H6O3S/c1-20-28(26-12-15-37-41(26)24-10-8-21(17-35)9-11-24)40(30(44)39(20)25-7-5-6-22(16-25)31(32,33)34)29(43)36-14-13-27-38-23(19-45-27)18-42(2,3)4;7-10(8,9)6-4-2-1-3-5-6/h5-12,15-16,19H,13-14,18H2,1-4H3;1-5H,(H,7,8,9). The van der Waals surface area contributed by atoms with Gasteiger partial charge in [0.15, 0.2) is 0 Å². The van der Waals surface area contributed by atoms with E-state index in [1.165, 1.54) is 58.6 Å². The first kappa shape index (κ1) is 40.3. The maximum atomic E-state index is 13.9. The number of thiazole rings is 1. The zero-order valence-electron chi connectivity index (χ0n) is 30.0. The highest BCUT2D eigenvalue weighted by Gasteiger charge is 2.32. The number of nitrogens with zero attached hydrogens (tertiary/aromatic N) is 7. The number of carbonyl (C=O) groups excluding carboxylic acids is 1. The van der Waals surface area contributed by atoms with Gasteiger partial charge in [0.05, 0.1) is 77.2 Å². The molecule has 0 aliphatic carbocycles. The molecule has 0 fully saturated rings. The van der Waals surface area contributed by atoms with Crippen molar-refractivity contribution in [2.45, 2.75) is 31.0 Å². The third-order valence-electron chi connectivity index (χ3n) is 7.93. The molecule has 1 N–H and O–H groups in total. The number of aromatic nitrogens is 5. The number of carbonyl (C=O) groups is 1. The van der Waals surface area contributed by atoms with Crippen molar-refractivity contribution >= 4 is 27.5 Å². The van der Waals surface area contributed by atoms with Gasteiger partial charge in [0.1, 0.15) is 28.1 Å². The summed E-state index contributed by atoms with van der Waals surface area (Å²) in [7, 11) is 1.94. The number of alkyl halides is 3. The topological polar surface area (TPSA) is 168 Å². The summed E-state index contributed by atoms with van der Waals surface area (Å²) in [6.07, 6.45) is -2.72. The molecule has 55 heavy (non-hydrogen) atoms. The third kappa shape index (κ3) is 9.82. The summed E-state index contributed by atoms with van der Waals surface area (Å²) in [4.78, 5) is 32.1. The summed E-state index contributed by atoms with van der Waals surface area (Å²) in [5.41, 5.74) is 0.834. The normalized spacial score (nSPS) is 11.8. The fourth-order valence-electron chi connectivity index (χ4n) is 5.55. The van der Waals surface area contributed by atoms with Crippen molar-refractivity contribution < 1.29 is 35.4 Å². The molecule has 286 valence electrons. The largest absolute Gasteiger partial charge is 0.744 e. The Bertz CT molecular complexity index is 2510. The molecule has 3 heterocycles. The van der Waals surface area contributed by atoms with E-state index in [2.05, 4.69) is 36.5 Å². The van der Waals surface area contributed by atoms with Gasteiger partial charge in [-0.2, -0.15) is 23.5 Å². The zero-order valence-corrected chi connectivity index (χ0v) is 31.6. The Morgan fingerprint density at radius 3 is 2.29 bits per heavy atom. The highest BCUT2D eigenvalue weighted by molar-refractivity contribution is 7.85. The monoisotopic (exact) mass is 792 g/mol. The molecule has 0 bridgehead atoms. The van der Waals surface area contributed by atoms with Gasteiger partial charge in [-0.1, -0.05) is 24.3 Å². The van der Waals surface area contributed by atoms with Crippen LogP contribution >= 0.6 is 11.3 Å². The second-order valence-corrected chi connectivity index (χ2v) is 15.5. The van der Waals surface area contributed by atoms with Gasteiger partial charge < -0.3 is 14.4 Å². The number of benzene rings is 3. The number of quaternary nitrogens is 1. The lowest BCUT2D eigenvalue weighted by Crippen LogP contribution is -2.38. The van der Waals surface area contributed by atoms with Crippen LogP contribution in [0.25, 0.3) is 22.8 Å². The van der Waals surface area contributed by atoms with Gasteiger partial charge in [-0.05, 0) is 67.6 Å². The van der Waals surface area contributed by atoms with E-state index in [4.69, 9.17) is 0 Å². The first-order valence-electron chi connectivity index (χ1n) is 16.5. The second-order valence-electron chi connectivity index (χ2n) is 13.2. The number of imidazole rings is 1. The summed E-state index contributed by atoms with van der Waals surface area (Å²) >= 11 is 1.48. The summed E-state index contributed by atoms with van der Waals surface area (Å²) in [6, 6.07) is 21.0. The van der Waals surface area contributed by atoms with Crippen LogP contribution in [-0.4, -0.2) is 75.1 Å². The lowest BCUT2D eigenvalue weighted by Gasteiger charge is -2.22. The Kier molecular flexibility index (Phi) is 11.9. The minimum absolute atomic E-state index is 0.0443. The van der Waals surface area contributed by atoms with Crippen LogP contribution < -0.4 is 11.0 Å². The van der Waals surface area contributed by atoms with Crippen LogP contribution in [0, 0.1) is 18.3 Å². The van der Waals surface area contributed by atoms with Crippen molar-refractivity contribution in [3.05, 3.63) is 135 Å². The Morgan fingerprint density at radius 2 is 1.69 bits per heavy atom. The Balaban J connectivity index is 0.000000504. The van der Waals surface area contributed by atoms with Crippen molar-refractivity contribution in [2.24, 2.45) is 0 Å². The van der Waals surface area contributed by atoms with Gasteiger partial charge in [-0.25, -0.2) is 32.2 Å². The number of hydrogen-bond donors (Lipinski definition) is 1. The minimum atomic E-state index is -4.63. The van der Waals surface area contributed by atoms with E-state index >= 15 is 0 Å². The van der Waals surface area contributed by atoms with Crippen molar-refractivity contribution in [3.8, 4) is 28.8 Å². The lowest BCUT2D eigenvalue weighted by molar-refractivity contribution is -0.884. The predicted octanol–water partition coefficient (Wildman–Crippen LogP) is 5.74. The molecular formula is C37H35F3N8O5S2. The molecule has 0 saturated heterocycles. The highest BCUT2D eigenvalue weighted by Crippen LogP contribution is 2.32. The van der Waals surface area contributed by atoms with Gasteiger partial charge in [-0.15, -0.1) is 11.3 Å². The highest BCUT2D eigenvalue weighted by atomic mass is 32.2. The fraction of sp³-hybridized carbons (Fsp3) is 0.216. The molecule has 0 saturated carbocycles. The van der Waals surface area contributed by atoms with Gasteiger partial charge in [-0.3, -0.25) is 4.57 Å². The van der Waals surface area contributed by atoms with Crippen molar-refractivity contribution in [1.29, 1.82) is 5.26 Å². The van der Waals surface area contributed by atoms with Crippen LogP contribution in [0.4, 0.5) is 18.0 Å². The number of halogens is 3. The average Bonchev–Trinajstić information content (AvgIpc) is 3.85. The molecule has 18 heteroatoms. The molecule has 0 aliphatic heterocycles. The molecule has 3 aromatic heterocycles. The molecule has 0 atom stereocenters. The summed E-state index contributed by atoms with van der Waals surface area (Å²) in [5, 5.41) is 19.1. The zero-order chi connectivity index (χ0) is 40.1. The maximum absolute atomic E-state index is 13.9. The van der Waals surface area contributed by atoms with E-state index in [0.717, 1.165) is 38.5 Å². The Morgan fingerprint density at radius 1 is 1.00 bits per heavy atom. The van der Waals surface area contributed by atoms with Crippen LogP contribution in [0.1, 0.15) is 27.5 Å². The molecule has 6 aromatic rings. The summed E-state index contributed by atoms with van der Waals surface area (Å²) in [5.74, 6) is 0. The molecule has 0 unspecified atom stereocenters. The van der Waals surface area contributed by atoms with E-state index in [1.807, 2.05) is 11.4 Å². The SMILES string of the molecule is Cc1c(-c2ccnn2-c2ccc(C#N)cc2)n(C(=O)NCCc2nc(C[N+](C)(C)C)cs2)c(=O)n1-c1cccc(C(F)(F)F)c1.O=S(=O)([O-])c1ccccc1. The van der Waals surface area contributed by atoms with E-state index < -0.39 is 33.6 Å². The Hall–Kier alpha value is -5.87. The van der Waals surface area contributed by atoms with Gasteiger partial charge in [0.2, 0.25) is 0 Å². The number of amides is 1. The molecule has 0 spiro atoms. The molecule has 0 aliphatic rings. The summed E-state index contributed by atoms with van der Waals surface area (Å²) in [6.45, 7) is 2.48. The molecule has 3 aromatic carbocycles. The van der Waals surface area contributed by atoms with Crippen molar-refractivity contribution in [1.82, 2.24) is 29.2 Å². The number of nitriles is 1. The van der Waals surface area contributed by atoms with E-state index in [0.29, 0.717) is 27.8 Å². The number of nitrogens with one attached hydrogen (secondary N) is 1. The molecular weight excluding hydrogens is 758 g/mol. The van der Waals surface area contributed by atoms with Crippen LogP contribution in [0.2, 0.25) is 0 Å². The number of hydrogen-bond acceptors (Lipinski definition) is 9. The van der Waals surface area contributed by atoms with Crippen LogP contribution in [0.15, 0.2) is 106 Å². The second kappa shape index (κ2) is 16.2. The first-order valence-corrected chi connectivity index (χ1v) is 18.8. The predicted molar refractivity (Wildman–Crippen MR) is 198 cm³/mol. The van der Waals surface area contributed by atoms with Crippen molar-refractivity contribution in [3.63, 3.8) is 0 Å². The molecule has 0 radical (unpaired) electrons. The average molecular weight is 793 g/mol. The first-order chi connectivity index (χ1) is 25.9. The van der Waals surface area contributed by atoms with Gasteiger partial charge >= 0.3 is 17.9 Å². The maximum Gasteiger partial charge on any atom is 0.416 e. The van der Waals surface area contributed by atoms with Crippen LogP contribution in [0.5, 0.6) is 0 Å². The third-order valence-corrected chi connectivity index (χ3v) is 9.73. The van der Waals surface area contributed by atoms with E-state index in [-0.39, 0.29) is 28.5 Å². The van der Waals surface area contributed by atoms with Crippen LogP contribution in [-0.2, 0) is 29.3 Å². The van der Waals surface area contributed by atoms with Crippen LogP contribution in [0.3, 0.4) is 0 Å². The molecule has 13 nitrogen and oxygen atoms in total. The van der Waals surface area contributed by atoms with E-state index in [9.17, 15) is 41.0 Å². The summed E-state index contributed by atoms with van der Waals surface area (Å²) < 4.78 is 75.8. The molecule has 6 rings (SSSR count). The van der Waals surface area contributed by atoms with Crippen molar-refractivity contribution in [2.75, 3.05) is 27.7 Å². The van der Waals surface area contributed by atoms with Gasteiger partial charge in [0, 0.05) is 18.3 Å². The van der Waals surface area contributed by atoms with Gasteiger partial charge in [0.25, 0.3) is 0 Å². The Labute approximate surface area is 318 Å². The molecule has 1 amide bonds. The minimum Gasteiger partial charge on any atom is -0.744 e. The van der Waals surface area contributed by atoms with E-state index in [1.54, 1.807) is 43.3 Å². The smallest absolute Gasteiger partial charge is 0.416 e.